The molecule has 138 valence electrons. The van der Waals surface area contributed by atoms with Crippen molar-refractivity contribution in [3.05, 3.63) is 35.4 Å². The smallest absolute Gasteiger partial charge is 0.217 e. The van der Waals surface area contributed by atoms with E-state index in [4.69, 9.17) is 5.73 Å². The number of guanidine groups is 1. The predicted octanol–water partition coefficient (Wildman–Crippen LogP) is 1.41. The van der Waals surface area contributed by atoms with Crippen molar-refractivity contribution in [3.8, 4) is 0 Å². The summed E-state index contributed by atoms with van der Waals surface area (Å²) in [5.74, 6) is 1.01. The number of primary amides is 1. The first-order valence-corrected chi connectivity index (χ1v) is 8.95. The maximum absolute atomic E-state index is 11.2. The number of amides is 1. The van der Waals surface area contributed by atoms with E-state index in [9.17, 15) is 4.79 Å². The Labute approximate surface area is 151 Å². The van der Waals surface area contributed by atoms with Gasteiger partial charge in [0.25, 0.3) is 0 Å². The Bertz CT molecular complexity index is 599. The largest absolute Gasteiger partial charge is 0.370 e. The second kappa shape index (κ2) is 9.42. The van der Waals surface area contributed by atoms with E-state index in [2.05, 4.69) is 58.5 Å². The number of hydrogen-bond acceptors (Lipinski definition) is 3. The first kappa shape index (κ1) is 19.2. The molecule has 0 bridgehead atoms. The molecule has 1 aromatic carbocycles. The van der Waals surface area contributed by atoms with E-state index in [-0.39, 0.29) is 5.91 Å². The predicted molar refractivity (Wildman–Crippen MR) is 102 cm³/mol. The van der Waals surface area contributed by atoms with Gasteiger partial charge >= 0.3 is 0 Å². The average Bonchev–Trinajstić information content (AvgIpc) is 2.56. The molecule has 1 aliphatic heterocycles. The van der Waals surface area contributed by atoms with Gasteiger partial charge in [-0.05, 0) is 44.0 Å². The Kier molecular flexibility index (Phi) is 7.25. The van der Waals surface area contributed by atoms with Gasteiger partial charge in [0.05, 0.1) is 0 Å². The lowest BCUT2D eigenvalue weighted by molar-refractivity contribution is -0.119. The number of carbonyl (C=O) groups is 1. The molecule has 1 unspecified atom stereocenters. The molecule has 0 aliphatic carbocycles. The van der Waals surface area contributed by atoms with Crippen molar-refractivity contribution in [1.82, 2.24) is 15.1 Å². The van der Waals surface area contributed by atoms with Crippen LogP contribution in [0.25, 0.3) is 0 Å². The minimum atomic E-state index is -0.215. The van der Waals surface area contributed by atoms with Crippen LogP contribution in [-0.2, 0) is 17.9 Å². The van der Waals surface area contributed by atoms with Crippen molar-refractivity contribution < 1.29 is 4.79 Å². The number of carbonyl (C=O) groups excluding carboxylic acids is 1. The van der Waals surface area contributed by atoms with Crippen LogP contribution in [0.2, 0.25) is 0 Å². The van der Waals surface area contributed by atoms with E-state index in [1.54, 1.807) is 0 Å². The van der Waals surface area contributed by atoms with Crippen LogP contribution in [0.5, 0.6) is 0 Å². The summed E-state index contributed by atoms with van der Waals surface area (Å²) < 4.78 is 0. The number of benzene rings is 1. The lowest BCUT2D eigenvalue weighted by Gasteiger charge is -2.34. The summed E-state index contributed by atoms with van der Waals surface area (Å²) in [5.41, 5.74) is 7.96. The minimum Gasteiger partial charge on any atom is -0.370 e. The molecule has 1 saturated heterocycles. The zero-order valence-corrected chi connectivity index (χ0v) is 15.7. The summed E-state index contributed by atoms with van der Waals surface area (Å²) in [6.45, 7) is 3.46. The number of piperidine rings is 1. The molecule has 2 rings (SSSR count). The van der Waals surface area contributed by atoms with Gasteiger partial charge in [-0.2, -0.15) is 0 Å². The highest BCUT2D eigenvalue weighted by molar-refractivity contribution is 5.80. The molecule has 1 amide bonds. The number of hydrogen-bond donors (Lipinski definition) is 2. The van der Waals surface area contributed by atoms with Crippen LogP contribution in [-0.4, -0.2) is 55.9 Å². The van der Waals surface area contributed by atoms with Crippen molar-refractivity contribution >= 4 is 11.9 Å². The van der Waals surface area contributed by atoms with Crippen LogP contribution in [0, 0.1) is 5.92 Å². The van der Waals surface area contributed by atoms with E-state index in [0.29, 0.717) is 12.3 Å². The van der Waals surface area contributed by atoms with Crippen LogP contribution >= 0.6 is 0 Å². The SMILES string of the molecule is CN=C(NCc1ccccc1CN(C)C)N1CCCC(CC(N)=O)C1. The molecule has 1 fully saturated rings. The highest BCUT2D eigenvalue weighted by Gasteiger charge is 2.23. The van der Waals surface area contributed by atoms with E-state index >= 15 is 0 Å². The Balaban J connectivity index is 1.98. The van der Waals surface area contributed by atoms with Crippen LogP contribution < -0.4 is 11.1 Å². The summed E-state index contributed by atoms with van der Waals surface area (Å²) in [4.78, 5) is 20.1. The van der Waals surface area contributed by atoms with Gasteiger partial charge in [0.15, 0.2) is 5.96 Å². The summed E-state index contributed by atoms with van der Waals surface area (Å²) in [6, 6.07) is 8.48. The first-order chi connectivity index (χ1) is 12.0. The zero-order valence-electron chi connectivity index (χ0n) is 15.7. The number of likely N-dealkylation sites (tertiary alicyclic amines) is 1. The average molecular weight is 345 g/mol. The molecule has 0 aromatic heterocycles. The van der Waals surface area contributed by atoms with Gasteiger partial charge in [0.2, 0.25) is 5.91 Å². The quantitative estimate of drug-likeness (QED) is 0.604. The first-order valence-electron chi connectivity index (χ1n) is 8.95. The molecule has 1 aromatic rings. The molecule has 0 spiro atoms. The summed E-state index contributed by atoms with van der Waals surface area (Å²) >= 11 is 0. The highest BCUT2D eigenvalue weighted by atomic mass is 16.1. The summed E-state index contributed by atoms with van der Waals surface area (Å²) in [5, 5.41) is 3.48. The molecule has 1 atom stereocenters. The van der Waals surface area contributed by atoms with E-state index in [0.717, 1.165) is 45.0 Å². The van der Waals surface area contributed by atoms with E-state index < -0.39 is 0 Å². The maximum atomic E-state index is 11.2. The van der Waals surface area contributed by atoms with Crippen LogP contribution in [0.4, 0.5) is 0 Å². The van der Waals surface area contributed by atoms with Gasteiger partial charge in [-0.15, -0.1) is 0 Å². The lowest BCUT2D eigenvalue weighted by atomic mass is 9.95. The van der Waals surface area contributed by atoms with Gasteiger partial charge in [-0.1, -0.05) is 24.3 Å². The normalized spacial score (nSPS) is 18.5. The van der Waals surface area contributed by atoms with Gasteiger partial charge in [-0.25, -0.2) is 0 Å². The van der Waals surface area contributed by atoms with Gasteiger partial charge in [-0.3, -0.25) is 9.79 Å². The van der Waals surface area contributed by atoms with E-state index in [1.165, 1.54) is 11.1 Å². The zero-order chi connectivity index (χ0) is 18.2. The summed E-state index contributed by atoms with van der Waals surface area (Å²) in [7, 11) is 5.97. The van der Waals surface area contributed by atoms with Crippen LogP contribution in [0.15, 0.2) is 29.3 Å². The van der Waals surface area contributed by atoms with Crippen molar-refractivity contribution in [3.63, 3.8) is 0 Å². The second-order valence-electron chi connectivity index (χ2n) is 7.03. The molecular weight excluding hydrogens is 314 g/mol. The fourth-order valence-electron chi connectivity index (χ4n) is 3.44. The van der Waals surface area contributed by atoms with Crippen LogP contribution in [0.3, 0.4) is 0 Å². The third kappa shape index (κ3) is 6.05. The van der Waals surface area contributed by atoms with Crippen molar-refractivity contribution in [2.45, 2.75) is 32.4 Å². The Morgan fingerprint density at radius 2 is 2.08 bits per heavy atom. The van der Waals surface area contributed by atoms with Gasteiger partial charge in [0.1, 0.15) is 0 Å². The topological polar surface area (TPSA) is 74.0 Å². The molecule has 6 heteroatoms. The molecule has 25 heavy (non-hydrogen) atoms. The third-order valence-corrected chi connectivity index (χ3v) is 4.56. The highest BCUT2D eigenvalue weighted by Crippen LogP contribution is 2.19. The number of nitrogens with two attached hydrogens (primary N) is 1. The maximum Gasteiger partial charge on any atom is 0.217 e. The van der Waals surface area contributed by atoms with Crippen molar-refractivity contribution in [2.24, 2.45) is 16.6 Å². The van der Waals surface area contributed by atoms with Crippen molar-refractivity contribution in [1.29, 1.82) is 0 Å². The minimum absolute atomic E-state index is 0.215. The van der Waals surface area contributed by atoms with Gasteiger partial charge < -0.3 is 20.9 Å². The number of rotatable bonds is 6. The molecule has 1 heterocycles. The molecule has 6 nitrogen and oxygen atoms in total. The Morgan fingerprint density at radius 1 is 1.36 bits per heavy atom. The number of nitrogens with zero attached hydrogens (tertiary/aromatic N) is 3. The standard InChI is InChI=1S/C19H31N5O/c1-21-19(24-10-6-7-15(13-24)11-18(20)25)22-12-16-8-4-5-9-17(16)14-23(2)3/h4-5,8-9,15H,6-7,10-14H2,1-3H3,(H2,20,25)(H,21,22). The van der Waals surface area contributed by atoms with Crippen LogP contribution in [0.1, 0.15) is 30.4 Å². The van der Waals surface area contributed by atoms with E-state index in [1.807, 2.05) is 7.05 Å². The monoisotopic (exact) mass is 345 g/mol. The molecule has 0 saturated carbocycles. The molecular formula is C19H31N5O. The lowest BCUT2D eigenvalue weighted by Crippen LogP contribution is -2.47. The second-order valence-corrected chi connectivity index (χ2v) is 7.03. The molecule has 0 radical (unpaired) electrons. The van der Waals surface area contributed by atoms with Gasteiger partial charge in [0, 0.05) is 39.6 Å². The molecule has 3 N–H and O–H groups in total. The van der Waals surface area contributed by atoms with Crippen molar-refractivity contribution in [2.75, 3.05) is 34.2 Å². The Morgan fingerprint density at radius 3 is 2.72 bits per heavy atom. The Hall–Kier alpha value is -2.08. The fraction of sp³-hybridized carbons (Fsp3) is 0.579. The number of aliphatic imine (C=N–C) groups is 1. The fourth-order valence-corrected chi connectivity index (χ4v) is 3.44. The summed E-state index contributed by atoms with van der Waals surface area (Å²) in [6.07, 6.45) is 2.58. The molecule has 1 aliphatic rings. The third-order valence-electron chi connectivity index (χ3n) is 4.56. The number of nitrogens with one attached hydrogen (secondary N) is 1.